The van der Waals surface area contributed by atoms with Gasteiger partial charge in [0.2, 0.25) is 0 Å². The van der Waals surface area contributed by atoms with Crippen molar-refractivity contribution in [3.8, 4) is 11.5 Å². The summed E-state index contributed by atoms with van der Waals surface area (Å²) in [6, 6.07) is 16.3. The summed E-state index contributed by atoms with van der Waals surface area (Å²) in [5, 5.41) is 0. The maximum absolute atomic E-state index is 5.76. The van der Waals surface area contributed by atoms with Crippen molar-refractivity contribution in [2.75, 3.05) is 0 Å². The quantitative estimate of drug-likeness (QED) is 0.735. The molecule has 0 spiro atoms. The van der Waals surface area contributed by atoms with Crippen LogP contribution in [0.2, 0.25) is 0 Å². The first kappa shape index (κ1) is 10.7. The maximum Gasteiger partial charge on any atom is 0.127 e. The van der Waals surface area contributed by atoms with Crippen LogP contribution in [-0.4, -0.2) is 0 Å². The molecule has 0 aliphatic heterocycles. The molecule has 0 aliphatic rings. The molecule has 0 saturated carbocycles. The van der Waals surface area contributed by atoms with Crippen molar-refractivity contribution in [3.05, 3.63) is 59.7 Å². The minimum atomic E-state index is 0.891. The standard InChI is InChI=1S/C15H16O/c1-3-13-7-9-14(10-8-13)16-15-6-4-5-12(2)11-15/h4-11H,3H2,1-2H3. The SMILES string of the molecule is CCc1ccc(Oc2cccc(C)c2)cc1. The number of aryl methyl sites for hydroxylation is 2. The lowest BCUT2D eigenvalue weighted by molar-refractivity contribution is 0.482. The van der Waals surface area contributed by atoms with Crippen molar-refractivity contribution in [1.82, 2.24) is 0 Å². The minimum absolute atomic E-state index is 0.891. The van der Waals surface area contributed by atoms with E-state index in [4.69, 9.17) is 4.74 Å². The predicted molar refractivity (Wildman–Crippen MR) is 67.1 cm³/mol. The zero-order chi connectivity index (χ0) is 11.4. The molecule has 16 heavy (non-hydrogen) atoms. The van der Waals surface area contributed by atoms with E-state index in [1.807, 2.05) is 30.3 Å². The van der Waals surface area contributed by atoms with E-state index in [1.54, 1.807) is 0 Å². The zero-order valence-electron chi connectivity index (χ0n) is 9.73. The molecule has 1 heteroatoms. The average Bonchev–Trinajstić information content (AvgIpc) is 2.30. The van der Waals surface area contributed by atoms with Gasteiger partial charge in [-0.3, -0.25) is 0 Å². The van der Waals surface area contributed by atoms with Gasteiger partial charge in [-0.2, -0.15) is 0 Å². The highest BCUT2D eigenvalue weighted by atomic mass is 16.5. The van der Waals surface area contributed by atoms with Crippen molar-refractivity contribution >= 4 is 0 Å². The second kappa shape index (κ2) is 4.84. The number of benzene rings is 2. The largest absolute Gasteiger partial charge is 0.457 e. The molecule has 0 bridgehead atoms. The van der Waals surface area contributed by atoms with E-state index in [-0.39, 0.29) is 0 Å². The minimum Gasteiger partial charge on any atom is -0.457 e. The van der Waals surface area contributed by atoms with Crippen molar-refractivity contribution in [2.45, 2.75) is 20.3 Å². The highest BCUT2D eigenvalue weighted by molar-refractivity contribution is 5.34. The van der Waals surface area contributed by atoms with Gasteiger partial charge in [-0.15, -0.1) is 0 Å². The van der Waals surface area contributed by atoms with Crippen LogP contribution >= 0.6 is 0 Å². The van der Waals surface area contributed by atoms with Crippen LogP contribution in [0.15, 0.2) is 48.5 Å². The van der Waals surface area contributed by atoms with Gasteiger partial charge < -0.3 is 4.74 Å². The molecule has 2 aromatic rings. The van der Waals surface area contributed by atoms with Gasteiger partial charge in [0.15, 0.2) is 0 Å². The van der Waals surface area contributed by atoms with E-state index in [9.17, 15) is 0 Å². The van der Waals surface area contributed by atoms with Crippen LogP contribution in [0.5, 0.6) is 11.5 Å². The summed E-state index contributed by atoms with van der Waals surface area (Å²) in [5.74, 6) is 1.78. The molecule has 0 unspecified atom stereocenters. The Labute approximate surface area is 96.7 Å². The Kier molecular flexibility index (Phi) is 3.25. The Bertz CT molecular complexity index is 457. The van der Waals surface area contributed by atoms with Crippen LogP contribution in [0.4, 0.5) is 0 Å². The molecule has 0 N–H and O–H groups in total. The highest BCUT2D eigenvalue weighted by Gasteiger charge is 1.97. The molecule has 0 amide bonds. The third-order valence-corrected chi connectivity index (χ3v) is 2.56. The first-order valence-electron chi connectivity index (χ1n) is 5.61. The summed E-state index contributed by atoms with van der Waals surface area (Å²) in [4.78, 5) is 0. The molecular weight excluding hydrogens is 196 g/mol. The van der Waals surface area contributed by atoms with Crippen LogP contribution in [0, 0.1) is 6.92 Å². The van der Waals surface area contributed by atoms with Gasteiger partial charge in [0, 0.05) is 0 Å². The molecular formula is C15H16O. The fourth-order valence-corrected chi connectivity index (χ4v) is 1.61. The molecule has 82 valence electrons. The molecule has 0 saturated heterocycles. The summed E-state index contributed by atoms with van der Waals surface area (Å²) in [6.45, 7) is 4.21. The van der Waals surface area contributed by atoms with Gasteiger partial charge in [-0.1, -0.05) is 31.2 Å². The summed E-state index contributed by atoms with van der Waals surface area (Å²) in [6.07, 6.45) is 1.06. The number of hydrogen-bond acceptors (Lipinski definition) is 1. The third-order valence-electron chi connectivity index (χ3n) is 2.56. The number of rotatable bonds is 3. The molecule has 2 aromatic carbocycles. The van der Waals surface area contributed by atoms with Crippen LogP contribution in [0.3, 0.4) is 0 Å². The fraction of sp³-hybridized carbons (Fsp3) is 0.200. The Balaban J connectivity index is 2.14. The van der Waals surface area contributed by atoms with Crippen molar-refractivity contribution in [2.24, 2.45) is 0 Å². The number of ether oxygens (including phenoxy) is 1. The van der Waals surface area contributed by atoms with Gasteiger partial charge in [0.1, 0.15) is 11.5 Å². The van der Waals surface area contributed by atoms with Gasteiger partial charge in [0.25, 0.3) is 0 Å². The van der Waals surface area contributed by atoms with Crippen molar-refractivity contribution in [3.63, 3.8) is 0 Å². The first-order valence-corrected chi connectivity index (χ1v) is 5.61. The molecule has 2 rings (SSSR count). The molecule has 0 aromatic heterocycles. The Morgan fingerprint density at radius 2 is 1.69 bits per heavy atom. The molecule has 0 aliphatic carbocycles. The average molecular weight is 212 g/mol. The Morgan fingerprint density at radius 1 is 0.938 bits per heavy atom. The van der Waals surface area contributed by atoms with Crippen LogP contribution in [-0.2, 0) is 6.42 Å². The predicted octanol–water partition coefficient (Wildman–Crippen LogP) is 4.35. The Morgan fingerprint density at radius 3 is 2.31 bits per heavy atom. The van der Waals surface area contributed by atoms with Gasteiger partial charge >= 0.3 is 0 Å². The van der Waals surface area contributed by atoms with Gasteiger partial charge in [-0.05, 0) is 48.7 Å². The molecule has 1 nitrogen and oxygen atoms in total. The van der Waals surface area contributed by atoms with E-state index in [2.05, 4.69) is 32.0 Å². The monoisotopic (exact) mass is 212 g/mol. The van der Waals surface area contributed by atoms with Crippen molar-refractivity contribution < 1.29 is 4.74 Å². The van der Waals surface area contributed by atoms with Crippen LogP contribution < -0.4 is 4.74 Å². The zero-order valence-corrected chi connectivity index (χ0v) is 9.73. The van der Waals surface area contributed by atoms with Crippen LogP contribution in [0.1, 0.15) is 18.1 Å². The maximum atomic E-state index is 5.76. The third kappa shape index (κ3) is 2.63. The van der Waals surface area contributed by atoms with E-state index in [0.29, 0.717) is 0 Å². The summed E-state index contributed by atoms with van der Waals surface area (Å²) in [5.41, 5.74) is 2.54. The van der Waals surface area contributed by atoms with E-state index >= 15 is 0 Å². The molecule has 0 radical (unpaired) electrons. The number of hydrogen-bond donors (Lipinski definition) is 0. The van der Waals surface area contributed by atoms with Gasteiger partial charge in [0.05, 0.1) is 0 Å². The highest BCUT2D eigenvalue weighted by Crippen LogP contribution is 2.22. The second-order valence-electron chi connectivity index (χ2n) is 3.92. The molecule has 0 fully saturated rings. The fourth-order valence-electron chi connectivity index (χ4n) is 1.61. The summed E-state index contributed by atoms with van der Waals surface area (Å²) in [7, 11) is 0. The summed E-state index contributed by atoms with van der Waals surface area (Å²) < 4.78 is 5.76. The van der Waals surface area contributed by atoms with Crippen molar-refractivity contribution in [1.29, 1.82) is 0 Å². The normalized spacial score (nSPS) is 10.1. The smallest absolute Gasteiger partial charge is 0.127 e. The van der Waals surface area contributed by atoms with E-state index in [1.165, 1.54) is 11.1 Å². The lowest BCUT2D eigenvalue weighted by Gasteiger charge is -2.06. The van der Waals surface area contributed by atoms with Gasteiger partial charge in [-0.25, -0.2) is 0 Å². The lowest BCUT2D eigenvalue weighted by atomic mass is 10.2. The molecule has 0 heterocycles. The topological polar surface area (TPSA) is 9.23 Å². The second-order valence-corrected chi connectivity index (χ2v) is 3.92. The first-order chi connectivity index (χ1) is 7.78. The lowest BCUT2D eigenvalue weighted by Crippen LogP contribution is -1.85. The van der Waals surface area contributed by atoms with Crippen LogP contribution in [0.25, 0.3) is 0 Å². The Hall–Kier alpha value is -1.76. The van der Waals surface area contributed by atoms with E-state index in [0.717, 1.165) is 17.9 Å². The molecule has 0 atom stereocenters. The van der Waals surface area contributed by atoms with E-state index < -0.39 is 0 Å². The summed E-state index contributed by atoms with van der Waals surface area (Å²) >= 11 is 0.